The fourth-order valence-electron chi connectivity index (χ4n) is 3.23. The van der Waals surface area contributed by atoms with Crippen LogP contribution in [0.25, 0.3) is 0 Å². The molecule has 0 radical (unpaired) electrons. The SMILES string of the molecule is COc1cc(C(F)(F)F)cc(SC)c1C(=O)NC1(C)CCCN(C)C1. The molecular weight excluding hydrogens is 353 g/mol. The van der Waals surface area contributed by atoms with Crippen molar-refractivity contribution in [3.8, 4) is 5.75 Å². The molecule has 8 heteroatoms. The van der Waals surface area contributed by atoms with Crippen LogP contribution in [0.15, 0.2) is 17.0 Å². The van der Waals surface area contributed by atoms with Crippen LogP contribution in [0.3, 0.4) is 0 Å². The molecule has 1 atom stereocenters. The number of hydrogen-bond donors (Lipinski definition) is 1. The number of carbonyl (C=O) groups is 1. The lowest BCUT2D eigenvalue weighted by Crippen LogP contribution is -2.55. The van der Waals surface area contributed by atoms with E-state index in [-0.39, 0.29) is 16.2 Å². The van der Waals surface area contributed by atoms with Crippen molar-refractivity contribution in [2.75, 3.05) is 33.5 Å². The van der Waals surface area contributed by atoms with E-state index in [4.69, 9.17) is 4.74 Å². The first-order chi connectivity index (χ1) is 11.6. The Labute approximate surface area is 150 Å². The topological polar surface area (TPSA) is 41.6 Å². The van der Waals surface area contributed by atoms with Crippen LogP contribution in [0.4, 0.5) is 13.2 Å². The van der Waals surface area contributed by atoms with Crippen molar-refractivity contribution in [1.29, 1.82) is 0 Å². The molecule has 1 aromatic carbocycles. The Balaban J connectivity index is 2.38. The molecule has 0 bridgehead atoms. The summed E-state index contributed by atoms with van der Waals surface area (Å²) in [5.74, 6) is -0.475. The van der Waals surface area contributed by atoms with Crippen LogP contribution in [0.1, 0.15) is 35.7 Å². The van der Waals surface area contributed by atoms with E-state index in [1.165, 1.54) is 7.11 Å². The van der Waals surface area contributed by atoms with Crippen LogP contribution in [0.2, 0.25) is 0 Å². The molecule has 1 saturated heterocycles. The molecule has 2 rings (SSSR count). The number of nitrogens with one attached hydrogen (secondary N) is 1. The molecule has 1 amide bonds. The zero-order valence-corrected chi connectivity index (χ0v) is 15.6. The lowest BCUT2D eigenvalue weighted by molar-refractivity contribution is -0.137. The van der Waals surface area contributed by atoms with Gasteiger partial charge in [0.1, 0.15) is 5.75 Å². The summed E-state index contributed by atoms with van der Waals surface area (Å²) < 4.78 is 44.3. The van der Waals surface area contributed by atoms with Crippen molar-refractivity contribution >= 4 is 17.7 Å². The van der Waals surface area contributed by atoms with Gasteiger partial charge >= 0.3 is 6.18 Å². The van der Waals surface area contributed by atoms with Crippen molar-refractivity contribution in [3.05, 3.63) is 23.3 Å². The van der Waals surface area contributed by atoms with Gasteiger partial charge in [0.2, 0.25) is 0 Å². The molecule has 4 nitrogen and oxygen atoms in total. The van der Waals surface area contributed by atoms with Gasteiger partial charge in [-0.05, 0) is 51.7 Å². The number of likely N-dealkylation sites (N-methyl/N-ethyl adjacent to an activating group) is 1. The molecular formula is C17H23F3N2O2S. The molecule has 0 aliphatic carbocycles. The average molecular weight is 376 g/mol. The lowest BCUT2D eigenvalue weighted by Gasteiger charge is -2.39. The highest BCUT2D eigenvalue weighted by atomic mass is 32.2. The Hall–Kier alpha value is -1.41. The van der Waals surface area contributed by atoms with E-state index in [0.717, 1.165) is 43.3 Å². The molecule has 0 spiro atoms. The third kappa shape index (κ3) is 4.61. The molecule has 1 unspecified atom stereocenters. The summed E-state index contributed by atoms with van der Waals surface area (Å²) in [6.07, 6.45) is -1.08. The molecule has 1 aliphatic heterocycles. The highest BCUT2D eigenvalue weighted by Gasteiger charge is 2.36. The number of nitrogens with zero attached hydrogens (tertiary/aromatic N) is 1. The van der Waals surface area contributed by atoms with Gasteiger partial charge in [0.05, 0.1) is 23.8 Å². The number of likely N-dealkylation sites (tertiary alicyclic amines) is 1. The second-order valence-corrected chi connectivity index (χ2v) is 7.46. The number of rotatable bonds is 4. The number of methoxy groups -OCH3 is 1. The van der Waals surface area contributed by atoms with E-state index in [0.29, 0.717) is 6.54 Å². The molecule has 1 heterocycles. The zero-order valence-electron chi connectivity index (χ0n) is 14.8. The highest BCUT2D eigenvalue weighted by Crippen LogP contribution is 2.38. The Morgan fingerprint density at radius 3 is 2.60 bits per heavy atom. The lowest BCUT2D eigenvalue weighted by atomic mass is 9.91. The number of alkyl halides is 3. The smallest absolute Gasteiger partial charge is 0.416 e. The number of piperidine rings is 1. The predicted molar refractivity (Wildman–Crippen MR) is 92.4 cm³/mol. The van der Waals surface area contributed by atoms with Crippen LogP contribution >= 0.6 is 11.8 Å². The van der Waals surface area contributed by atoms with E-state index in [2.05, 4.69) is 10.2 Å². The number of carbonyl (C=O) groups excluding carboxylic acids is 1. The third-order valence-corrected chi connectivity index (χ3v) is 5.12. The molecule has 0 aromatic heterocycles. The summed E-state index contributed by atoms with van der Waals surface area (Å²) in [5.41, 5.74) is -1.10. The van der Waals surface area contributed by atoms with Crippen molar-refractivity contribution < 1.29 is 22.7 Å². The van der Waals surface area contributed by atoms with Crippen LogP contribution < -0.4 is 10.1 Å². The monoisotopic (exact) mass is 376 g/mol. The summed E-state index contributed by atoms with van der Waals surface area (Å²) in [6.45, 7) is 3.61. The minimum absolute atomic E-state index is 0.0653. The second kappa shape index (κ2) is 7.45. The van der Waals surface area contributed by atoms with Gasteiger partial charge in [-0.15, -0.1) is 11.8 Å². The van der Waals surface area contributed by atoms with E-state index >= 15 is 0 Å². The fourth-order valence-corrected chi connectivity index (χ4v) is 3.87. The molecule has 0 saturated carbocycles. The summed E-state index contributed by atoms with van der Waals surface area (Å²) in [7, 11) is 3.25. The van der Waals surface area contributed by atoms with Gasteiger partial charge < -0.3 is 15.0 Å². The number of benzene rings is 1. The van der Waals surface area contributed by atoms with E-state index in [1.54, 1.807) is 6.26 Å². The van der Waals surface area contributed by atoms with Crippen molar-refractivity contribution in [2.24, 2.45) is 0 Å². The average Bonchev–Trinajstić information content (AvgIpc) is 2.51. The third-order valence-electron chi connectivity index (χ3n) is 4.36. The number of ether oxygens (including phenoxy) is 1. The van der Waals surface area contributed by atoms with Crippen LogP contribution in [-0.4, -0.2) is 49.8 Å². The molecule has 140 valence electrons. The maximum atomic E-state index is 13.1. The van der Waals surface area contributed by atoms with E-state index < -0.39 is 23.2 Å². The van der Waals surface area contributed by atoms with Gasteiger partial charge in [0.15, 0.2) is 0 Å². The molecule has 1 fully saturated rings. The zero-order chi connectivity index (χ0) is 18.8. The van der Waals surface area contributed by atoms with Gasteiger partial charge in [0.25, 0.3) is 5.91 Å². The van der Waals surface area contributed by atoms with Gasteiger partial charge in [-0.2, -0.15) is 13.2 Å². The van der Waals surface area contributed by atoms with E-state index in [1.807, 2.05) is 14.0 Å². The highest BCUT2D eigenvalue weighted by molar-refractivity contribution is 7.98. The second-order valence-electron chi connectivity index (χ2n) is 6.61. The molecule has 25 heavy (non-hydrogen) atoms. The Morgan fingerprint density at radius 2 is 2.08 bits per heavy atom. The van der Waals surface area contributed by atoms with Gasteiger partial charge in [-0.3, -0.25) is 4.79 Å². The summed E-state index contributed by atoms with van der Waals surface area (Å²) in [6, 6.07) is 1.88. The van der Waals surface area contributed by atoms with Gasteiger partial charge in [-0.1, -0.05) is 0 Å². The molecule has 1 aromatic rings. The largest absolute Gasteiger partial charge is 0.496 e. The van der Waals surface area contributed by atoms with Crippen molar-refractivity contribution in [1.82, 2.24) is 10.2 Å². The maximum Gasteiger partial charge on any atom is 0.416 e. The van der Waals surface area contributed by atoms with Gasteiger partial charge in [-0.25, -0.2) is 0 Å². The fraction of sp³-hybridized carbons (Fsp3) is 0.588. The Bertz CT molecular complexity index is 626. The Kier molecular flexibility index (Phi) is 5.93. The summed E-state index contributed by atoms with van der Waals surface area (Å²) >= 11 is 1.09. The van der Waals surface area contributed by atoms with Crippen LogP contribution in [-0.2, 0) is 6.18 Å². The number of halogens is 3. The first-order valence-electron chi connectivity index (χ1n) is 7.94. The Morgan fingerprint density at radius 1 is 1.40 bits per heavy atom. The summed E-state index contributed by atoms with van der Waals surface area (Å²) in [4.78, 5) is 15.2. The standard InChI is InChI=1S/C17H23F3N2O2S/c1-16(6-5-7-22(2)10-16)21-15(23)14-12(24-3)8-11(17(18,19)20)9-13(14)25-4/h8-9H,5-7,10H2,1-4H3,(H,21,23). The van der Waals surface area contributed by atoms with Crippen molar-refractivity contribution in [2.45, 2.75) is 36.4 Å². The first kappa shape index (κ1) is 19.9. The predicted octanol–water partition coefficient (Wildman–Crippen LogP) is 3.65. The minimum Gasteiger partial charge on any atom is -0.496 e. The number of hydrogen-bond acceptors (Lipinski definition) is 4. The molecule has 1 N–H and O–H groups in total. The van der Waals surface area contributed by atoms with Crippen molar-refractivity contribution in [3.63, 3.8) is 0 Å². The van der Waals surface area contributed by atoms with E-state index in [9.17, 15) is 18.0 Å². The van der Waals surface area contributed by atoms with Crippen LogP contribution in [0.5, 0.6) is 5.75 Å². The molecule has 1 aliphatic rings. The maximum absolute atomic E-state index is 13.1. The van der Waals surface area contributed by atoms with Gasteiger partial charge in [0, 0.05) is 11.4 Å². The quantitative estimate of drug-likeness (QED) is 0.815. The summed E-state index contributed by atoms with van der Waals surface area (Å²) in [5, 5.41) is 2.99. The number of amides is 1. The first-order valence-corrected chi connectivity index (χ1v) is 9.16. The van der Waals surface area contributed by atoms with Crippen LogP contribution in [0, 0.1) is 0 Å². The number of thioether (sulfide) groups is 1. The normalized spacial score (nSPS) is 21.9. The minimum atomic E-state index is -4.50.